The molecule has 120 valence electrons. The number of piperidine rings is 1. The van der Waals surface area contributed by atoms with Crippen LogP contribution in [0.3, 0.4) is 0 Å². The Labute approximate surface area is 134 Å². The van der Waals surface area contributed by atoms with Crippen molar-refractivity contribution >= 4 is 11.7 Å². The number of rotatable bonds is 3. The zero-order chi connectivity index (χ0) is 16.4. The molecule has 1 aromatic carbocycles. The topological polar surface area (TPSA) is 75.4 Å². The van der Waals surface area contributed by atoms with E-state index in [0.29, 0.717) is 5.69 Å². The fourth-order valence-corrected chi connectivity index (χ4v) is 2.91. The molecular weight excluding hydrogens is 294 g/mol. The summed E-state index contributed by atoms with van der Waals surface area (Å²) in [4.78, 5) is 25.1. The van der Waals surface area contributed by atoms with Crippen molar-refractivity contribution in [1.29, 1.82) is 0 Å². The molecular formula is C17H19N3O3. The molecule has 0 saturated carbocycles. The summed E-state index contributed by atoms with van der Waals surface area (Å²) in [5.41, 5.74) is 1.47. The Hall–Kier alpha value is -2.63. The summed E-state index contributed by atoms with van der Waals surface area (Å²) in [6.45, 7) is 3.87. The monoisotopic (exact) mass is 313 g/mol. The predicted molar refractivity (Wildman–Crippen MR) is 87.6 cm³/mol. The van der Waals surface area contributed by atoms with Crippen molar-refractivity contribution in [2.45, 2.75) is 26.2 Å². The summed E-state index contributed by atoms with van der Waals surface area (Å²) in [5, 5.41) is 13.0. The quantitative estimate of drug-likeness (QED) is 0.940. The molecule has 1 aromatic heterocycles. The molecule has 2 heterocycles. The van der Waals surface area contributed by atoms with Crippen molar-refractivity contribution in [3.8, 4) is 5.69 Å². The third-order valence-electron chi connectivity index (χ3n) is 4.13. The molecule has 0 amide bonds. The Kier molecular flexibility index (Phi) is 4.14. The zero-order valence-electron chi connectivity index (χ0n) is 13.0. The van der Waals surface area contributed by atoms with Crippen molar-refractivity contribution in [2.75, 3.05) is 18.0 Å². The molecule has 23 heavy (non-hydrogen) atoms. The van der Waals surface area contributed by atoms with Gasteiger partial charge in [0.05, 0.1) is 5.69 Å². The standard InChI is InChI=1S/C17H19N3O3/c1-12-11-15(21)16(17(22)23)18-20(12)14-7-5-13(6-8-14)19-9-3-2-4-10-19/h5-8,11H,2-4,9-10H2,1H3,(H,22,23). The molecule has 3 rings (SSSR count). The van der Waals surface area contributed by atoms with Crippen LogP contribution in [0, 0.1) is 6.92 Å². The Bertz CT molecular complexity index is 775. The molecule has 1 N–H and O–H groups in total. The first kappa shape index (κ1) is 15.3. The van der Waals surface area contributed by atoms with Crippen molar-refractivity contribution < 1.29 is 9.90 Å². The van der Waals surface area contributed by atoms with Crippen LogP contribution in [0.5, 0.6) is 0 Å². The molecule has 0 radical (unpaired) electrons. The minimum Gasteiger partial charge on any atom is -0.476 e. The van der Waals surface area contributed by atoms with Crippen molar-refractivity contribution in [2.24, 2.45) is 0 Å². The lowest BCUT2D eigenvalue weighted by Crippen LogP contribution is -2.29. The van der Waals surface area contributed by atoms with E-state index in [1.165, 1.54) is 30.0 Å². The van der Waals surface area contributed by atoms with Crippen molar-refractivity contribution in [3.63, 3.8) is 0 Å². The number of aryl methyl sites for hydroxylation is 1. The first-order chi connectivity index (χ1) is 11.1. The lowest BCUT2D eigenvalue weighted by atomic mass is 10.1. The lowest BCUT2D eigenvalue weighted by Gasteiger charge is -2.28. The van der Waals surface area contributed by atoms with Gasteiger partial charge in [-0.15, -0.1) is 0 Å². The van der Waals surface area contributed by atoms with Gasteiger partial charge < -0.3 is 10.0 Å². The molecule has 0 unspecified atom stereocenters. The number of anilines is 1. The maximum Gasteiger partial charge on any atom is 0.360 e. The fourth-order valence-electron chi connectivity index (χ4n) is 2.91. The molecule has 1 aliphatic heterocycles. The molecule has 1 fully saturated rings. The summed E-state index contributed by atoms with van der Waals surface area (Å²) >= 11 is 0. The van der Waals surface area contributed by atoms with E-state index in [1.807, 2.05) is 24.3 Å². The number of carboxylic acid groups (broad SMARTS) is 1. The molecule has 1 aliphatic rings. The summed E-state index contributed by atoms with van der Waals surface area (Å²) in [6.07, 6.45) is 3.71. The normalized spacial score (nSPS) is 14.7. The van der Waals surface area contributed by atoms with Gasteiger partial charge in [-0.3, -0.25) is 4.79 Å². The maximum atomic E-state index is 11.7. The summed E-state index contributed by atoms with van der Waals surface area (Å²) in [5.74, 6) is -1.31. The van der Waals surface area contributed by atoms with E-state index in [-0.39, 0.29) is 0 Å². The predicted octanol–water partition coefficient (Wildman–Crippen LogP) is 2.23. The molecule has 0 spiro atoms. The number of carboxylic acids is 1. The van der Waals surface area contributed by atoms with Crippen LogP contribution in [0.1, 0.15) is 35.4 Å². The molecule has 6 heteroatoms. The molecule has 2 aromatic rings. The van der Waals surface area contributed by atoms with E-state index in [4.69, 9.17) is 5.11 Å². The van der Waals surface area contributed by atoms with Gasteiger partial charge in [0.25, 0.3) is 0 Å². The Balaban J connectivity index is 1.94. The number of carbonyl (C=O) groups is 1. The van der Waals surface area contributed by atoms with Crippen molar-refractivity contribution in [1.82, 2.24) is 9.78 Å². The molecule has 0 atom stereocenters. The smallest absolute Gasteiger partial charge is 0.360 e. The van der Waals surface area contributed by atoms with Crippen LogP contribution in [0.15, 0.2) is 35.1 Å². The number of aromatic carboxylic acids is 1. The fraction of sp³-hybridized carbons (Fsp3) is 0.353. The third-order valence-corrected chi connectivity index (χ3v) is 4.13. The number of benzene rings is 1. The van der Waals surface area contributed by atoms with Crippen LogP contribution in [0.4, 0.5) is 5.69 Å². The third kappa shape index (κ3) is 3.11. The van der Waals surface area contributed by atoms with Crippen LogP contribution < -0.4 is 10.3 Å². The molecule has 0 aliphatic carbocycles. The van der Waals surface area contributed by atoms with Crippen LogP contribution in [-0.4, -0.2) is 33.9 Å². The molecule has 6 nitrogen and oxygen atoms in total. The summed E-state index contributed by atoms with van der Waals surface area (Å²) < 4.78 is 1.49. The van der Waals surface area contributed by atoms with Gasteiger partial charge in [0.15, 0.2) is 0 Å². The number of hydrogen-bond acceptors (Lipinski definition) is 4. The van der Waals surface area contributed by atoms with Crippen LogP contribution >= 0.6 is 0 Å². The number of hydrogen-bond donors (Lipinski definition) is 1. The first-order valence-corrected chi connectivity index (χ1v) is 7.76. The maximum absolute atomic E-state index is 11.7. The van der Waals surface area contributed by atoms with E-state index in [9.17, 15) is 9.59 Å². The zero-order valence-corrected chi connectivity index (χ0v) is 13.0. The second-order valence-electron chi connectivity index (χ2n) is 5.78. The van der Waals surface area contributed by atoms with Crippen molar-refractivity contribution in [3.05, 3.63) is 51.9 Å². The van der Waals surface area contributed by atoms with E-state index in [2.05, 4.69) is 10.00 Å². The van der Waals surface area contributed by atoms with Gasteiger partial charge in [-0.1, -0.05) is 0 Å². The van der Waals surface area contributed by atoms with Gasteiger partial charge in [-0.2, -0.15) is 5.10 Å². The molecule has 1 saturated heterocycles. The van der Waals surface area contributed by atoms with Gasteiger partial charge in [0.2, 0.25) is 11.1 Å². The Morgan fingerprint density at radius 1 is 1.09 bits per heavy atom. The SMILES string of the molecule is Cc1cc(=O)c(C(=O)O)nn1-c1ccc(N2CCCCC2)cc1. The van der Waals surface area contributed by atoms with Gasteiger partial charge in [-0.05, 0) is 50.5 Å². The molecule has 0 bridgehead atoms. The average Bonchev–Trinajstić information content (AvgIpc) is 2.56. The van der Waals surface area contributed by atoms with Gasteiger partial charge in [0.1, 0.15) is 0 Å². The Morgan fingerprint density at radius 2 is 1.70 bits per heavy atom. The first-order valence-electron chi connectivity index (χ1n) is 7.76. The summed E-state index contributed by atoms with van der Waals surface area (Å²) in [6, 6.07) is 9.13. The second kappa shape index (κ2) is 6.24. The summed E-state index contributed by atoms with van der Waals surface area (Å²) in [7, 11) is 0. The largest absolute Gasteiger partial charge is 0.476 e. The van der Waals surface area contributed by atoms with E-state index in [1.54, 1.807) is 6.92 Å². The van der Waals surface area contributed by atoms with Gasteiger partial charge >= 0.3 is 5.97 Å². The van der Waals surface area contributed by atoms with E-state index >= 15 is 0 Å². The highest BCUT2D eigenvalue weighted by molar-refractivity contribution is 5.84. The average molecular weight is 313 g/mol. The lowest BCUT2D eigenvalue weighted by molar-refractivity contribution is 0.0686. The minimum absolute atomic E-state index is 0.462. The highest BCUT2D eigenvalue weighted by Gasteiger charge is 2.14. The van der Waals surface area contributed by atoms with Crippen LogP contribution in [0.25, 0.3) is 5.69 Å². The highest BCUT2D eigenvalue weighted by atomic mass is 16.4. The van der Waals surface area contributed by atoms with Gasteiger partial charge in [0, 0.05) is 30.5 Å². The van der Waals surface area contributed by atoms with Gasteiger partial charge in [-0.25, -0.2) is 9.48 Å². The second-order valence-corrected chi connectivity index (χ2v) is 5.78. The highest BCUT2D eigenvalue weighted by Crippen LogP contribution is 2.21. The van der Waals surface area contributed by atoms with E-state index in [0.717, 1.165) is 24.5 Å². The van der Waals surface area contributed by atoms with E-state index < -0.39 is 17.1 Å². The minimum atomic E-state index is -1.31. The van der Waals surface area contributed by atoms with Crippen LogP contribution in [-0.2, 0) is 0 Å². The Morgan fingerprint density at radius 3 is 2.30 bits per heavy atom. The van der Waals surface area contributed by atoms with Crippen LogP contribution in [0.2, 0.25) is 0 Å². The number of aromatic nitrogens is 2. The number of nitrogens with zero attached hydrogens (tertiary/aromatic N) is 3.